The quantitative estimate of drug-likeness (QED) is 0.849. The third-order valence-corrected chi connectivity index (χ3v) is 4.29. The molecule has 1 saturated heterocycles. The number of nitrogens with zero attached hydrogens (tertiary/aromatic N) is 1. The zero-order valence-corrected chi connectivity index (χ0v) is 12.3. The topological polar surface area (TPSA) is 57.6 Å². The molecule has 1 unspecified atom stereocenters. The molecular formula is C14H15Cl2NO3. The third kappa shape index (κ3) is 3.25. The van der Waals surface area contributed by atoms with Crippen LogP contribution in [0.25, 0.3) is 0 Å². The Labute approximate surface area is 127 Å². The van der Waals surface area contributed by atoms with Gasteiger partial charge in [-0.25, -0.2) is 4.79 Å². The van der Waals surface area contributed by atoms with Gasteiger partial charge in [0.25, 0.3) is 0 Å². The number of halogens is 2. The Hall–Kier alpha value is -1.26. The van der Waals surface area contributed by atoms with E-state index in [2.05, 4.69) is 0 Å². The number of rotatable bonds is 5. The second-order valence-corrected chi connectivity index (χ2v) is 5.64. The van der Waals surface area contributed by atoms with Crippen molar-refractivity contribution >= 4 is 35.1 Å². The van der Waals surface area contributed by atoms with Crippen LogP contribution in [-0.4, -0.2) is 40.3 Å². The number of carbonyl (C=O) groups is 2. The van der Waals surface area contributed by atoms with Gasteiger partial charge < -0.3 is 10.0 Å². The minimum Gasteiger partial charge on any atom is -0.480 e. The Morgan fingerprint density at radius 1 is 1.45 bits per heavy atom. The lowest BCUT2D eigenvalue weighted by molar-refractivity contribution is -0.148. The molecule has 20 heavy (non-hydrogen) atoms. The van der Waals surface area contributed by atoms with Gasteiger partial charge in [0.15, 0.2) is 0 Å². The zero-order valence-electron chi connectivity index (χ0n) is 10.8. The predicted molar refractivity (Wildman–Crippen MR) is 77.1 cm³/mol. The monoisotopic (exact) mass is 315 g/mol. The highest BCUT2D eigenvalue weighted by Crippen LogP contribution is 2.25. The van der Waals surface area contributed by atoms with Crippen LogP contribution in [0.4, 0.5) is 0 Å². The molecule has 1 aromatic carbocycles. The second-order valence-electron chi connectivity index (χ2n) is 4.92. The first kappa shape index (κ1) is 15.1. The van der Waals surface area contributed by atoms with Gasteiger partial charge in [-0.3, -0.25) is 4.79 Å². The van der Waals surface area contributed by atoms with Gasteiger partial charge in [-0.05, 0) is 17.5 Å². The standard InChI is InChI=1S/C14H15Cl2NO3/c15-7-9-5-13(18)17(8-9)12(14(19)20)6-10-3-1-2-4-11(10)16/h1-4,9,12H,5-8H2,(H,19,20)/t9?,12-/m0/s1. The number of amides is 1. The average Bonchev–Trinajstić information content (AvgIpc) is 2.78. The Morgan fingerprint density at radius 3 is 2.70 bits per heavy atom. The van der Waals surface area contributed by atoms with Gasteiger partial charge in [0.2, 0.25) is 5.91 Å². The van der Waals surface area contributed by atoms with Crippen molar-refractivity contribution in [3.8, 4) is 0 Å². The van der Waals surface area contributed by atoms with Gasteiger partial charge in [-0.1, -0.05) is 29.8 Å². The third-order valence-electron chi connectivity index (χ3n) is 3.49. The van der Waals surface area contributed by atoms with Crippen LogP contribution >= 0.6 is 23.2 Å². The summed E-state index contributed by atoms with van der Waals surface area (Å²) in [5.74, 6) is -0.790. The molecule has 1 aliphatic heterocycles. The molecule has 1 heterocycles. The van der Waals surface area contributed by atoms with Crippen LogP contribution in [0.2, 0.25) is 5.02 Å². The number of hydrogen-bond donors (Lipinski definition) is 1. The van der Waals surface area contributed by atoms with Crippen LogP contribution in [0.15, 0.2) is 24.3 Å². The fourth-order valence-corrected chi connectivity index (χ4v) is 2.84. The van der Waals surface area contributed by atoms with Crippen LogP contribution in [0.5, 0.6) is 0 Å². The van der Waals surface area contributed by atoms with Crippen molar-refractivity contribution in [3.63, 3.8) is 0 Å². The van der Waals surface area contributed by atoms with Crippen molar-refractivity contribution in [1.82, 2.24) is 4.90 Å². The van der Waals surface area contributed by atoms with Crippen LogP contribution < -0.4 is 0 Å². The molecule has 2 atom stereocenters. The van der Waals surface area contributed by atoms with Crippen LogP contribution in [0.1, 0.15) is 12.0 Å². The highest BCUT2D eigenvalue weighted by Gasteiger charge is 2.37. The Balaban J connectivity index is 2.18. The molecule has 4 nitrogen and oxygen atoms in total. The van der Waals surface area contributed by atoms with E-state index in [1.807, 2.05) is 0 Å². The highest BCUT2D eigenvalue weighted by molar-refractivity contribution is 6.31. The number of alkyl halides is 1. The maximum Gasteiger partial charge on any atom is 0.326 e. The predicted octanol–water partition coefficient (Wildman–Crippen LogP) is 2.42. The van der Waals surface area contributed by atoms with Gasteiger partial charge in [-0.2, -0.15) is 0 Å². The molecule has 1 amide bonds. The van der Waals surface area contributed by atoms with E-state index in [1.54, 1.807) is 24.3 Å². The number of likely N-dealkylation sites (tertiary alicyclic amines) is 1. The van der Waals surface area contributed by atoms with Crippen molar-refractivity contribution in [2.75, 3.05) is 12.4 Å². The number of aliphatic carboxylic acids is 1. The lowest BCUT2D eigenvalue weighted by atomic mass is 10.0. The van der Waals surface area contributed by atoms with Crippen molar-refractivity contribution in [1.29, 1.82) is 0 Å². The molecular weight excluding hydrogens is 301 g/mol. The first-order valence-electron chi connectivity index (χ1n) is 6.34. The smallest absolute Gasteiger partial charge is 0.326 e. The van der Waals surface area contributed by atoms with E-state index in [-0.39, 0.29) is 18.2 Å². The maximum absolute atomic E-state index is 11.9. The highest BCUT2D eigenvalue weighted by atomic mass is 35.5. The fourth-order valence-electron chi connectivity index (χ4n) is 2.42. The minimum absolute atomic E-state index is 0.0252. The molecule has 6 heteroatoms. The SMILES string of the molecule is O=C(O)[C@H](Cc1ccccc1Cl)N1CC(CCl)CC1=O. The second kappa shape index (κ2) is 6.46. The van der Waals surface area contributed by atoms with Crippen LogP contribution in [0.3, 0.4) is 0 Å². The molecule has 0 spiro atoms. The van der Waals surface area contributed by atoms with Gasteiger partial charge in [0, 0.05) is 30.3 Å². The summed E-state index contributed by atoms with van der Waals surface area (Å²) < 4.78 is 0. The van der Waals surface area contributed by atoms with Crippen molar-refractivity contribution in [2.24, 2.45) is 5.92 Å². The van der Waals surface area contributed by atoms with Gasteiger partial charge >= 0.3 is 5.97 Å². The summed E-state index contributed by atoms with van der Waals surface area (Å²) in [5, 5.41) is 9.91. The van der Waals surface area contributed by atoms with Crippen LogP contribution in [0, 0.1) is 5.92 Å². The Kier molecular flexibility index (Phi) is 4.89. The molecule has 1 aliphatic rings. The fraction of sp³-hybridized carbons (Fsp3) is 0.429. The number of hydrogen-bond acceptors (Lipinski definition) is 2. The summed E-state index contributed by atoms with van der Waals surface area (Å²) in [7, 11) is 0. The molecule has 0 bridgehead atoms. The van der Waals surface area contributed by atoms with Crippen LogP contribution in [-0.2, 0) is 16.0 Å². The van der Waals surface area contributed by atoms with E-state index in [0.29, 0.717) is 23.9 Å². The molecule has 108 valence electrons. The number of carboxylic acid groups (broad SMARTS) is 1. The number of carbonyl (C=O) groups excluding carboxylic acids is 1. The summed E-state index contributed by atoms with van der Waals surface area (Å²) >= 11 is 11.8. The zero-order chi connectivity index (χ0) is 14.7. The molecule has 0 aromatic heterocycles. The first-order chi connectivity index (χ1) is 9.52. The largest absolute Gasteiger partial charge is 0.480 e. The van der Waals surface area contributed by atoms with E-state index < -0.39 is 12.0 Å². The van der Waals surface area contributed by atoms with E-state index in [9.17, 15) is 14.7 Å². The molecule has 0 saturated carbocycles. The molecule has 1 N–H and O–H groups in total. The normalized spacial score (nSPS) is 20.2. The van der Waals surface area contributed by atoms with E-state index in [0.717, 1.165) is 5.56 Å². The average molecular weight is 316 g/mol. The number of benzene rings is 1. The number of carboxylic acids is 1. The summed E-state index contributed by atoms with van der Waals surface area (Å²) in [6, 6.07) is 6.18. The lowest BCUT2D eigenvalue weighted by Crippen LogP contribution is -2.43. The summed E-state index contributed by atoms with van der Waals surface area (Å²) in [6.45, 7) is 0.393. The molecule has 0 radical (unpaired) electrons. The molecule has 1 fully saturated rings. The van der Waals surface area contributed by atoms with E-state index in [1.165, 1.54) is 4.90 Å². The molecule has 1 aromatic rings. The van der Waals surface area contributed by atoms with Crippen molar-refractivity contribution < 1.29 is 14.7 Å². The summed E-state index contributed by atoms with van der Waals surface area (Å²) in [6.07, 6.45) is 0.519. The molecule has 0 aliphatic carbocycles. The van der Waals surface area contributed by atoms with Gasteiger partial charge in [0.1, 0.15) is 6.04 Å². The maximum atomic E-state index is 11.9. The minimum atomic E-state index is -1.02. The Morgan fingerprint density at radius 2 is 2.15 bits per heavy atom. The van der Waals surface area contributed by atoms with E-state index >= 15 is 0 Å². The summed E-state index contributed by atoms with van der Waals surface area (Å²) in [4.78, 5) is 24.8. The lowest BCUT2D eigenvalue weighted by Gasteiger charge is -2.25. The summed E-state index contributed by atoms with van der Waals surface area (Å²) in [5.41, 5.74) is 0.726. The van der Waals surface area contributed by atoms with Gasteiger partial charge in [-0.15, -0.1) is 11.6 Å². The van der Waals surface area contributed by atoms with E-state index in [4.69, 9.17) is 23.2 Å². The van der Waals surface area contributed by atoms with Gasteiger partial charge in [0.05, 0.1) is 0 Å². The van der Waals surface area contributed by atoms with Crippen molar-refractivity contribution in [3.05, 3.63) is 34.9 Å². The Bertz CT molecular complexity index is 521. The molecule has 2 rings (SSSR count). The van der Waals surface area contributed by atoms with Crippen molar-refractivity contribution in [2.45, 2.75) is 18.9 Å². The first-order valence-corrected chi connectivity index (χ1v) is 7.25.